The molecule has 1 saturated carbocycles. The third-order valence-corrected chi connectivity index (χ3v) is 7.89. The maximum absolute atomic E-state index is 13.9. The summed E-state index contributed by atoms with van der Waals surface area (Å²) in [4.78, 5) is 32.0. The second-order valence-electron chi connectivity index (χ2n) is 9.49. The SMILES string of the molecule is Cn1c(=O)n(Cc2ccccc2C#N)c(=O)c2c1nc(NC1CCCCC1N)n2Cc1ccccc1Br. The Morgan fingerprint density at radius 2 is 1.73 bits per heavy atom. The minimum absolute atomic E-state index is 0.0122. The predicted molar refractivity (Wildman–Crippen MR) is 147 cm³/mol. The molecule has 4 aromatic rings. The predicted octanol–water partition coefficient (Wildman–Crippen LogP) is 3.31. The summed E-state index contributed by atoms with van der Waals surface area (Å²) in [6.07, 6.45) is 3.99. The lowest BCUT2D eigenvalue weighted by Gasteiger charge is -2.29. The summed E-state index contributed by atoms with van der Waals surface area (Å²) in [6.45, 7) is 0.353. The number of benzene rings is 2. The molecule has 1 aliphatic carbocycles. The van der Waals surface area contributed by atoms with Gasteiger partial charge in [-0.3, -0.25) is 18.5 Å². The third kappa shape index (κ3) is 4.72. The van der Waals surface area contributed by atoms with Crippen molar-refractivity contribution in [1.82, 2.24) is 18.7 Å². The Labute approximate surface area is 222 Å². The highest BCUT2D eigenvalue weighted by molar-refractivity contribution is 9.10. The summed E-state index contributed by atoms with van der Waals surface area (Å²) < 4.78 is 5.32. The number of hydrogen-bond acceptors (Lipinski definition) is 6. The monoisotopic (exact) mass is 561 g/mol. The molecule has 0 amide bonds. The molecule has 37 heavy (non-hydrogen) atoms. The van der Waals surface area contributed by atoms with Gasteiger partial charge >= 0.3 is 5.69 Å². The van der Waals surface area contributed by atoms with Gasteiger partial charge in [-0.1, -0.05) is 65.2 Å². The number of nitrogens with one attached hydrogen (secondary N) is 1. The van der Waals surface area contributed by atoms with Gasteiger partial charge in [-0.15, -0.1) is 0 Å². The Morgan fingerprint density at radius 3 is 2.46 bits per heavy atom. The fraction of sp³-hybridized carbons (Fsp3) is 0.333. The number of nitriles is 1. The zero-order valence-electron chi connectivity index (χ0n) is 20.5. The van der Waals surface area contributed by atoms with Crippen molar-refractivity contribution in [2.75, 3.05) is 5.32 Å². The van der Waals surface area contributed by atoms with E-state index in [9.17, 15) is 14.9 Å². The van der Waals surface area contributed by atoms with E-state index in [-0.39, 0.29) is 18.6 Å². The first-order chi connectivity index (χ1) is 17.9. The van der Waals surface area contributed by atoms with Crippen molar-refractivity contribution in [3.63, 3.8) is 0 Å². The van der Waals surface area contributed by atoms with Crippen molar-refractivity contribution < 1.29 is 0 Å². The molecule has 0 saturated heterocycles. The number of hydrogen-bond donors (Lipinski definition) is 2. The zero-order chi connectivity index (χ0) is 26.1. The molecule has 9 nitrogen and oxygen atoms in total. The van der Waals surface area contributed by atoms with Crippen molar-refractivity contribution in [1.29, 1.82) is 5.26 Å². The first kappa shape index (κ1) is 25.0. The molecule has 2 aromatic heterocycles. The number of aryl methyl sites for hydroxylation is 1. The number of halogens is 1. The molecule has 2 atom stereocenters. The lowest BCUT2D eigenvalue weighted by molar-refractivity contribution is 0.401. The van der Waals surface area contributed by atoms with Crippen LogP contribution < -0.4 is 22.3 Å². The minimum atomic E-state index is -0.489. The minimum Gasteiger partial charge on any atom is -0.351 e. The first-order valence-corrected chi connectivity index (χ1v) is 13.1. The van der Waals surface area contributed by atoms with Gasteiger partial charge in [-0.25, -0.2) is 4.79 Å². The van der Waals surface area contributed by atoms with Gasteiger partial charge in [0.05, 0.1) is 24.7 Å². The Hall–Kier alpha value is -3.68. The zero-order valence-corrected chi connectivity index (χ0v) is 22.1. The fourth-order valence-corrected chi connectivity index (χ4v) is 5.42. The topological polar surface area (TPSA) is 124 Å². The molecule has 1 fully saturated rings. The van der Waals surface area contributed by atoms with E-state index >= 15 is 0 Å². The summed E-state index contributed by atoms with van der Waals surface area (Å²) in [5, 5.41) is 13.0. The Kier molecular flexibility index (Phi) is 7.00. The van der Waals surface area contributed by atoms with Gasteiger partial charge in [0, 0.05) is 23.6 Å². The second kappa shape index (κ2) is 10.4. The lowest BCUT2D eigenvalue weighted by atomic mass is 9.91. The average molecular weight is 562 g/mol. The number of aromatic nitrogens is 4. The second-order valence-corrected chi connectivity index (χ2v) is 10.3. The number of anilines is 1. The van der Waals surface area contributed by atoms with E-state index in [0.29, 0.717) is 34.8 Å². The van der Waals surface area contributed by atoms with Crippen LogP contribution in [-0.4, -0.2) is 30.8 Å². The van der Waals surface area contributed by atoms with Crippen molar-refractivity contribution >= 4 is 33.0 Å². The van der Waals surface area contributed by atoms with E-state index in [4.69, 9.17) is 10.7 Å². The van der Waals surface area contributed by atoms with Crippen LogP contribution in [0.15, 0.2) is 62.6 Å². The highest BCUT2D eigenvalue weighted by Crippen LogP contribution is 2.26. The standard InChI is InChI=1S/C27H28BrN7O2/c1-33-24-23(25(36)35(27(33)37)15-18-9-3-2-8-17(18)14-29)34(16-19-10-4-5-11-20(19)28)26(32-24)31-22-13-7-6-12-21(22)30/h2-5,8-11,21-22H,6-7,12-13,15-16,30H2,1H3,(H,31,32). The summed E-state index contributed by atoms with van der Waals surface area (Å²) in [6, 6.07) is 16.9. The number of rotatable bonds is 6. The number of fused-ring (bicyclic) bond motifs is 1. The van der Waals surface area contributed by atoms with Crippen LogP contribution in [0.1, 0.15) is 42.4 Å². The molecule has 5 rings (SSSR count). The largest absolute Gasteiger partial charge is 0.351 e. The van der Waals surface area contributed by atoms with Crippen LogP contribution in [0.2, 0.25) is 0 Å². The molecule has 1 aliphatic rings. The van der Waals surface area contributed by atoms with Crippen LogP contribution in [0.25, 0.3) is 11.2 Å². The molecule has 0 aliphatic heterocycles. The van der Waals surface area contributed by atoms with Gasteiger partial charge in [0.15, 0.2) is 11.2 Å². The third-order valence-electron chi connectivity index (χ3n) is 7.12. The van der Waals surface area contributed by atoms with Crippen LogP contribution in [0.5, 0.6) is 0 Å². The molecule has 3 N–H and O–H groups in total. The van der Waals surface area contributed by atoms with Gasteiger partial charge in [-0.05, 0) is 36.1 Å². The molecule has 10 heteroatoms. The normalized spacial score (nSPS) is 17.6. The van der Waals surface area contributed by atoms with Gasteiger partial charge in [0.25, 0.3) is 5.56 Å². The number of nitrogens with two attached hydrogens (primary N) is 1. The highest BCUT2D eigenvalue weighted by atomic mass is 79.9. The van der Waals surface area contributed by atoms with Gasteiger partial charge in [0.2, 0.25) is 5.95 Å². The molecule has 2 unspecified atom stereocenters. The Bertz CT molecular complexity index is 1630. The molecule has 0 spiro atoms. The maximum atomic E-state index is 13.9. The van der Waals surface area contributed by atoms with Crippen molar-refractivity contribution in [2.45, 2.75) is 50.9 Å². The van der Waals surface area contributed by atoms with Crippen LogP contribution in [0, 0.1) is 11.3 Å². The van der Waals surface area contributed by atoms with E-state index < -0.39 is 11.2 Å². The van der Waals surface area contributed by atoms with E-state index in [0.717, 1.165) is 35.7 Å². The number of imidazole rings is 1. The quantitative estimate of drug-likeness (QED) is 0.372. The summed E-state index contributed by atoms with van der Waals surface area (Å²) in [7, 11) is 1.61. The first-order valence-electron chi connectivity index (χ1n) is 12.3. The molecule has 2 heterocycles. The molecule has 0 radical (unpaired) electrons. The smallest absolute Gasteiger partial charge is 0.332 e. The van der Waals surface area contributed by atoms with Crippen molar-refractivity contribution in [3.05, 3.63) is 90.5 Å². The Morgan fingerprint density at radius 1 is 1.05 bits per heavy atom. The molecule has 190 valence electrons. The summed E-state index contributed by atoms with van der Waals surface area (Å²) >= 11 is 3.61. The summed E-state index contributed by atoms with van der Waals surface area (Å²) in [5.74, 6) is 0.510. The maximum Gasteiger partial charge on any atom is 0.332 e. The van der Waals surface area contributed by atoms with E-state index in [1.165, 1.54) is 9.13 Å². The van der Waals surface area contributed by atoms with E-state index in [1.807, 2.05) is 28.8 Å². The summed E-state index contributed by atoms with van der Waals surface area (Å²) in [5.41, 5.74) is 8.09. The van der Waals surface area contributed by atoms with Crippen LogP contribution >= 0.6 is 15.9 Å². The average Bonchev–Trinajstić information content (AvgIpc) is 3.26. The lowest BCUT2D eigenvalue weighted by Crippen LogP contribution is -2.43. The number of nitrogens with zero attached hydrogens (tertiary/aromatic N) is 5. The molecular weight excluding hydrogens is 534 g/mol. The van der Waals surface area contributed by atoms with Gasteiger partial charge < -0.3 is 11.1 Å². The van der Waals surface area contributed by atoms with Crippen LogP contribution in [0.4, 0.5) is 5.95 Å². The fourth-order valence-electron chi connectivity index (χ4n) is 5.01. The molecular formula is C27H28BrN7O2. The highest BCUT2D eigenvalue weighted by Gasteiger charge is 2.26. The van der Waals surface area contributed by atoms with E-state index in [1.54, 1.807) is 31.3 Å². The Balaban J connectivity index is 1.70. The van der Waals surface area contributed by atoms with Gasteiger partial charge in [0.1, 0.15) is 0 Å². The molecule has 0 bridgehead atoms. The van der Waals surface area contributed by atoms with Crippen LogP contribution in [-0.2, 0) is 20.1 Å². The molecule has 2 aromatic carbocycles. The van der Waals surface area contributed by atoms with Crippen LogP contribution in [0.3, 0.4) is 0 Å². The van der Waals surface area contributed by atoms with E-state index in [2.05, 4.69) is 27.3 Å². The van der Waals surface area contributed by atoms with Crippen molar-refractivity contribution in [2.24, 2.45) is 12.8 Å². The van der Waals surface area contributed by atoms with Gasteiger partial charge in [-0.2, -0.15) is 10.2 Å². The van der Waals surface area contributed by atoms with Crippen molar-refractivity contribution in [3.8, 4) is 6.07 Å².